The van der Waals surface area contributed by atoms with Crippen molar-refractivity contribution in [2.24, 2.45) is 0 Å². The predicted octanol–water partition coefficient (Wildman–Crippen LogP) is 3.35. The van der Waals surface area contributed by atoms with E-state index >= 15 is 0 Å². The van der Waals surface area contributed by atoms with Gasteiger partial charge in [0.25, 0.3) is 0 Å². The van der Waals surface area contributed by atoms with Crippen LogP contribution < -0.4 is 9.64 Å². The highest BCUT2D eigenvalue weighted by Crippen LogP contribution is 2.32. The zero-order valence-corrected chi connectivity index (χ0v) is 16.0. The minimum Gasteiger partial charge on any atom is -0.497 e. The van der Waals surface area contributed by atoms with Gasteiger partial charge in [-0.1, -0.05) is 36.0 Å². The lowest BCUT2D eigenvalue weighted by atomic mass is 10.2. The van der Waals surface area contributed by atoms with E-state index in [0.29, 0.717) is 5.16 Å². The third kappa shape index (κ3) is 3.42. The van der Waals surface area contributed by atoms with Crippen molar-refractivity contribution in [2.75, 3.05) is 18.6 Å². The van der Waals surface area contributed by atoms with Crippen molar-refractivity contribution >= 4 is 23.4 Å². The highest BCUT2D eigenvalue weighted by Gasteiger charge is 2.29. The smallest absolute Gasteiger partial charge is 0.240 e. The molecule has 1 atom stereocenters. The molecule has 3 aromatic rings. The Morgan fingerprint density at radius 1 is 1.22 bits per heavy atom. The van der Waals surface area contributed by atoms with E-state index in [0.717, 1.165) is 30.1 Å². The van der Waals surface area contributed by atoms with Gasteiger partial charge in [0.15, 0.2) is 5.16 Å². The maximum atomic E-state index is 13.0. The van der Waals surface area contributed by atoms with Gasteiger partial charge in [-0.25, -0.2) is 0 Å². The van der Waals surface area contributed by atoms with E-state index in [9.17, 15) is 4.79 Å². The normalized spacial score (nSPS) is 14.1. The number of aromatic nitrogens is 3. The second kappa shape index (κ2) is 7.44. The molecule has 2 heterocycles. The molecule has 1 unspecified atom stereocenters. The van der Waals surface area contributed by atoms with Crippen LogP contribution in [0.15, 0.2) is 60.0 Å². The third-order valence-electron chi connectivity index (χ3n) is 4.63. The van der Waals surface area contributed by atoms with Crippen molar-refractivity contribution in [1.29, 1.82) is 0 Å². The number of para-hydroxylation sites is 1. The summed E-state index contributed by atoms with van der Waals surface area (Å²) in [7, 11) is 1.63. The first-order chi connectivity index (χ1) is 13.2. The highest BCUT2D eigenvalue weighted by molar-refractivity contribution is 8.00. The fourth-order valence-electron chi connectivity index (χ4n) is 3.24. The van der Waals surface area contributed by atoms with Crippen LogP contribution in [0.3, 0.4) is 0 Å². The summed E-state index contributed by atoms with van der Waals surface area (Å²) >= 11 is 1.41. The number of benzene rings is 2. The molecule has 138 valence electrons. The van der Waals surface area contributed by atoms with Gasteiger partial charge < -0.3 is 9.64 Å². The van der Waals surface area contributed by atoms with E-state index in [1.54, 1.807) is 13.4 Å². The van der Waals surface area contributed by atoms with Gasteiger partial charge in [-0.3, -0.25) is 9.36 Å². The summed E-state index contributed by atoms with van der Waals surface area (Å²) in [6, 6.07) is 15.8. The topological polar surface area (TPSA) is 60.2 Å². The van der Waals surface area contributed by atoms with Gasteiger partial charge in [-0.15, -0.1) is 10.2 Å². The van der Waals surface area contributed by atoms with E-state index in [4.69, 9.17) is 4.74 Å². The molecule has 1 amide bonds. The maximum absolute atomic E-state index is 13.0. The monoisotopic (exact) mass is 380 g/mol. The Morgan fingerprint density at radius 3 is 2.93 bits per heavy atom. The minimum atomic E-state index is -0.273. The molecule has 0 aliphatic carbocycles. The summed E-state index contributed by atoms with van der Waals surface area (Å²) in [5, 5.41) is 8.64. The van der Waals surface area contributed by atoms with Gasteiger partial charge in [-0.05, 0) is 37.1 Å². The summed E-state index contributed by atoms with van der Waals surface area (Å²) < 4.78 is 7.16. The van der Waals surface area contributed by atoms with Crippen molar-refractivity contribution in [3.05, 3.63) is 60.4 Å². The molecule has 0 bridgehead atoms. The summed E-state index contributed by atoms with van der Waals surface area (Å²) in [5.74, 6) is 0.847. The van der Waals surface area contributed by atoms with Crippen LogP contribution in [0.1, 0.15) is 12.5 Å². The van der Waals surface area contributed by atoms with Crippen LogP contribution in [0, 0.1) is 0 Å². The molecule has 1 aliphatic heterocycles. The summed E-state index contributed by atoms with van der Waals surface area (Å²) in [6.07, 6.45) is 2.55. The Balaban J connectivity index is 1.53. The number of amides is 1. The first kappa shape index (κ1) is 17.6. The van der Waals surface area contributed by atoms with Crippen LogP contribution in [-0.2, 0) is 11.2 Å². The Bertz CT molecular complexity index is 972. The molecule has 27 heavy (non-hydrogen) atoms. The lowest BCUT2D eigenvalue weighted by Crippen LogP contribution is -2.35. The number of rotatable bonds is 5. The number of methoxy groups -OCH3 is 1. The van der Waals surface area contributed by atoms with Crippen LogP contribution in [0.25, 0.3) is 5.69 Å². The average molecular weight is 380 g/mol. The number of carbonyl (C=O) groups excluding carboxylic acids is 1. The van der Waals surface area contributed by atoms with Crippen molar-refractivity contribution in [2.45, 2.75) is 23.8 Å². The average Bonchev–Trinajstić information content (AvgIpc) is 3.34. The van der Waals surface area contributed by atoms with Gasteiger partial charge in [0.05, 0.1) is 18.0 Å². The molecule has 1 aliphatic rings. The lowest BCUT2D eigenvalue weighted by Gasteiger charge is -2.21. The van der Waals surface area contributed by atoms with Crippen LogP contribution in [0.2, 0.25) is 0 Å². The minimum absolute atomic E-state index is 0.0881. The summed E-state index contributed by atoms with van der Waals surface area (Å²) in [6.45, 7) is 2.64. The molecule has 0 saturated heterocycles. The van der Waals surface area contributed by atoms with Crippen LogP contribution in [0.4, 0.5) is 5.69 Å². The van der Waals surface area contributed by atoms with Gasteiger partial charge in [0, 0.05) is 18.3 Å². The van der Waals surface area contributed by atoms with Gasteiger partial charge >= 0.3 is 0 Å². The molecular formula is C20H20N4O2S. The number of carbonyl (C=O) groups is 1. The van der Waals surface area contributed by atoms with E-state index in [1.807, 2.05) is 58.9 Å². The number of hydrogen-bond donors (Lipinski definition) is 0. The Hall–Kier alpha value is -2.80. The SMILES string of the molecule is COc1cccc(-n2cnnc2SC(C)C(=O)N2CCc3ccccc32)c1. The molecule has 0 spiro atoms. The fourth-order valence-corrected chi connectivity index (χ4v) is 4.14. The number of nitrogens with zero attached hydrogens (tertiary/aromatic N) is 4. The first-order valence-electron chi connectivity index (χ1n) is 8.78. The van der Waals surface area contributed by atoms with Crippen molar-refractivity contribution in [3.63, 3.8) is 0 Å². The molecule has 1 aromatic heterocycles. The fraction of sp³-hybridized carbons (Fsp3) is 0.250. The second-order valence-electron chi connectivity index (χ2n) is 6.31. The van der Waals surface area contributed by atoms with E-state index in [1.165, 1.54) is 17.3 Å². The largest absolute Gasteiger partial charge is 0.497 e. The second-order valence-corrected chi connectivity index (χ2v) is 7.62. The van der Waals surface area contributed by atoms with Crippen LogP contribution in [-0.4, -0.2) is 39.6 Å². The number of fused-ring (bicyclic) bond motifs is 1. The molecule has 7 heteroatoms. The molecule has 0 radical (unpaired) electrons. The molecule has 0 N–H and O–H groups in total. The molecule has 2 aromatic carbocycles. The van der Waals surface area contributed by atoms with Crippen LogP contribution in [0.5, 0.6) is 5.75 Å². The van der Waals surface area contributed by atoms with Gasteiger partial charge in [-0.2, -0.15) is 0 Å². The zero-order chi connectivity index (χ0) is 18.8. The molecule has 6 nitrogen and oxygen atoms in total. The lowest BCUT2D eigenvalue weighted by molar-refractivity contribution is -0.117. The predicted molar refractivity (Wildman–Crippen MR) is 106 cm³/mol. The number of thioether (sulfide) groups is 1. The molecule has 4 rings (SSSR count). The standard InChI is InChI=1S/C20H20N4O2S/c1-14(19(25)23-11-10-15-6-3-4-9-18(15)23)27-20-22-21-13-24(20)16-7-5-8-17(12-16)26-2/h3-9,12-14H,10-11H2,1-2H3. The summed E-state index contributed by atoms with van der Waals surface area (Å²) in [5.41, 5.74) is 3.14. The Morgan fingerprint density at radius 2 is 2.07 bits per heavy atom. The van der Waals surface area contributed by atoms with E-state index in [2.05, 4.69) is 16.3 Å². The summed E-state index contributed by atoms with van der Waals surface area (Å²) in [4.78, 5) is 14.9. The Kier molecular flexibility index (Phi) is 4.85. The van der Waals surface area contributed by atoms with E-state index < -0.39 is 0 Å². The third-order valence-corrected chi connectivity index (χ3v) is 5.68. The van der Waals surface area contributed by atoms with Crippen LogP contribution >= 0.6 is 11.8 Å². The van der Waals surface area contributed by atoms with Gasteiger partial charge in [0.2, 0.25) is 5.91 Å². The maximum Gasteiger partial charge on any atom is 0.240 e. The van der Waals surface area contributed by atoms with Crippen molar-refractivity contribution in [3.8, 4) is 11.4 Å². The van der Waals surface area contributed by atoms with Crippen molar-refractivity contribution in [1.82, 2.24) is 14.8 Å². The van der Waals surface area contributed by atoms with E-state index in [-0.39, 0.29) is 11.2 Å². The number of anilines is 1. The first-order valence-corrected chi connectivity index (χ1v) is 9.65. The zero-order valence-electron chi connectivity index (χ0n) is 15.2. The highest BCUT2D eigenvalue weighted by atomic mass is 32.2. The number of hydrogen-bond acceptors (Lipinski definition) is 5. The molecule has 0 saturated carbocycles. The quantitative estimate of drug-likeness (QED) is 0.636. The molecular weight excluding hydrogens is 360 g/mol. The van der Waals surface area contributed by atoms with Crippen molar-refractivity contribution < 1.29 is 9.53 Å². The molecule has 0 fully saturated rings. The Labute approximate surface area is 162 Å². The number of ether oxygens (including phenoxy) is 1. The van der Waals surface area contributed by atoms with Gasteiger partial charge in [0.1, 0.15) is 12.1 Å².